The van der Waals surface area contributed by atoms with Crippen LogP contribution in [-0.4, -0.2) is 51.1 Å². The molecule has 0 saturated carbocycles. The lowest BCUT2D eigenvalue weighted by Gasteiger charge is -2.36. The van der Waals surface area contributed by atoms with E-state index in [-0.39, 0.29) is 6.04 Å². The third-order valence-corrected chi connectivity index (χ3v) is 6.33. The summed E-state index contributed by atoms with van der Waals surface area (Å²) in [5.74, 6) is 0. The highest BCUT2D eigenvalue weighted by molar-refractivity contribution is 6.30. The van der Waals surface area contributed by atoms with Gasteiger partial charge in [-0.2, -0.15) is 0 Å². The number of imidazole rings is 1. The summed E-state index contributed by atoms with van der Waals surface area (Å²) in [6.07, 6.45) is 7.13. The molecule has 3 N–H and O–H groups in total. The number of fused-ring (bicyclic) bond motifs is 2. The summed E-state index contributed by atoms with van der Waals surface area (Å²) in [4.78, 5) is 14.4. The van der Waals surface area contributed by atoms with Gasteiger partial charge >= 0.3 is 0 Å². The van der Waals surface area contributed by atoms with E-state index in [0.29, 0.717) is 10.7 Å². The van der Waals surface area contributed by atoms with Crippen LogP contribution in [0.3, 0.4) is 0 Å². The van der Waals surface area contributed by atoms with E-state index in [1.54, 1.807) is 19.4 Å². The molecule has 6 nitrogen and oxygen atoms in total. The summed E-state index contributed by atoms with van der Waals surface area (Å²) in [6.45, 7) is 5.52. The van der Waals surface area contributed by atoms with E-state index in [9.17, 15) is 5.11 Å². The number of aromatic nitrogens is 3. The molecule has 2 aromatic heterocycles. The molecule has 0 spiro atoms. The molecule has 2 atom stereocenters. The first-order valence-corrected chi connectivity index (χ1v) is 10.6. The molecular weight excluding hydrogens is 398 g/mol. The fraction of sp³-hybridized carbons (Fsp3) is 0.304. The Kier molecular flexibility index (Phi) is 4.95. The minimum Gasteiger partial charge on any atom is -0.379 e. The number of benzene rings is 1. The molecule has 0 amide bonds. The van der Waals surface area contributed by atoms with Crippen molar-refractivity contribution < 1.29 is 5.11 Å². The van der Waals surface area contributed by atoms with E-state index < -0.39 is 5.60 Å². The lowest BCUT2D eigenvalue weighted by molar-refractivity contribution is 0.118. The summed E-state index contributed by atoms with van der Waals surface area (Å²) in [5.41, 5.74) is 4.17. The Hall–Kier alpha value is -2.51. The predicted molar refractivity (Wildman–Crippen MR) is 118 cm³/mol. The van der Waals surface area contributed by atoms with Gasteiger partial charge in [-0.05, 0) is 53.5 Å². The zero-order valence-corrected chi connectivity index (χ0v) is 17.5. The summed E-state index contributed by atoms with van der Waals surface area (Å²) < 4.78 is 0. The normalized spacial score (nSPS) is 21.2. The van der Waals surface area contributed by atoms with Gasteiger partial charge in [0.05, 0.1) is 30.0 Å². The van der Waals surface area contributed by atoms with Crippen molar-refractivity contribution in [3.63, 3.8) is 0 Å². The Morgan fingerprint density at radius 3 is 2.83 bits per heavy atom. The minimum absolute atomic E-state index is 0.0121. The molecule has 30 heavy (non-hydrogen) atoms. The van der Waals surface area contributed by atoms with Gasteiger partial charge in [-0.25, -0.2) is 4.98 Å². The van der Waals surface area contributed by atoms with Crippen LogP contribution in [0, 0.1) is 0 Å². The number of aliphatic hydroxyl groups is 1. The van der Waals surface area contributed by atoms with Gasteiger partial charge in [0.1, 0.15) is 5.60 Å². The molecule has 1 aromatic carbocycles. The molecular formula is C23H24ClN5O. The number of nitrogens with one attached hydrogen (secondary N) is 2. The largest absolute Gasteiger partial charge is 0.379 e. The van der Waals surface area contributed by atoms with Crippen molar-refractivity contribution in [3.05, 3.63) is 82.2 Å². The van der Waals surface area contributed by atoms with E-state index in [2.05, 4.69) is 32.3 Å². The first-order chi connectivity index (χ1) is 14.6. The highest BCUT2D eigenvalue weighted by Crippen LogP contribution is 2.45. The second-order valence-corrected chi connectivity index (χ2v) is 8.43. The number of pyridine rings is 1. The minimum atomic E-state index is -1.28. The fourth-order valence-electron chi connectivity index (χ4n) is 4.54. The SMILES string of the molecule is CC(O)(C1=Cc2cccnc2[C@@H](N2CCNCC2)c2ccc(Cl)cc21)c1cnc[nH]1. The number of aromatic amines is 1. The smallest absolute Gasteiger partial charge is 0.129 e. The van der Waals surface area contributed by atoms with Crippen LogP contribution in [0.2, 0.25) is 5.02 Å². The third-order valence-electron chi connectivity index (χ3n) is 6.09. The molecule has 3 aromatic rings. The van der Waals surface area contributed by atoms with Crippen molar-refractivity contribution in [2.45, 2.75) is 18.6 Å². The van der Waals surface area contributed by atoms with Gasteiger partial charge in [0.25, 0.3) is 0 Å². The highest BCUT2D eigenvalue weighted by atomic mass is 35.5. The molecule has 0 radical (unpaired) electrons. The average Bonchev–Trinajstić information content (AvgIpc) is 3.26. The van der Waals surface area contributed by atoms with Crippen molar-refractivity contribution in [1.29, 1.82) is 0 Å². The van der Waals surface area contributed by atoms with Crippen molar-refractivity contribution in [3.8, 4) is 0 Å². The molecule has 1 aliphatic carbocycles. The Bertz CT molecular complexity index is 1090. The summed E-state index contributed by atoms with van der Waals surface area (Å²) in [7, 11) is 0. The molecule has 7 heteroatoms. The van der Waals surface area contributed by atoms with Gasteiger partial charge in [0, 0.05) is 37.4 Å². The zero-order valence-electron chi connectivity index (χ0n) is 16.8. The third kappa shape index (κ3) is 3.26. The Morgan fingerprint density at radius 2 is 2.07 bits per heavy atom. The van der Waals surface area contributed by atoms with Crippen molar-refractivity contribution >= 4 is 23.3 Å². The van der Waals surface area contributed by atoms with Crippen LogP contribution in [0.1, 0.15) is 41.0 Å². The summed E-state index contributed by atoms with van der Waals surface area (Å²) in [6, 6.07) is 9.94. The van der Waals surface area contributed by atoms with E-state index in [1.807, 2.05) is 30.5 Å². The van der Waals surface area contributed by atoms with Gasteiger partial charge in [-0.3, -0.25) is 9.88 Å². The number of hydrogen-bond acceptors (Lipinski definition) is 5. The quantitative estimate of drug-likeness (QED) is 0.605. The topological polar surface area (TPSA) is 77.1 Å². The average molecular weight is 422 g/mol. The molecule has 154 valence electrons. The second-order valence-electron chi connectivity index (χ2n) is 7.99. The lowest BCUT2D eigenvalue weighted by atomic mass is 9.84. The molecule has 1 saturated heterocycles. The monoisotopic (exact) mass is 421 g/mol. The number of rotatable bonds is 3. The molecule has 3 heterocycles. The molecule has 2 aliphatic rings. The number of piperazine rings is 1. The maximum atomic E-state index is 11.7. The standard InChI is InChI=1S/C23H24ClN5O/c1-23(30,20-13-26-14-28-20)19-11-15-3-2-6-27-21(15)22(29-9-7-25-8-10-29)17-5-4-16(24)12-18(17)19/h2-6,11-14,22,25,30H,7-10H2,1H3,(H,26,28)/t22-,23?/m0/s1. The van der Waals surface area contributed by atoms with Gasteiger partial charge in [-0.15, -0.1) is 0 Å². The Balaban J connectivity index is 1.77. The Morgan fingerprint density at radius 1 is 1.23 bits per heavy atom. The maximum Gasteiger partial charge on any atom is 0.129 e. The van der Waals surface area contributed by atoms with Crippen LogP contribution in [0.15, 0.2) is 49.1 Å². The first-order valence-electron chi connectivity index (χ1n) is 10.2. The van der Waals surface area contributed by atoms with E-state index in [1.165, 1.54) is 0 Å². The predicted octanol–water partition coefficient (Wildman–Crippen LogP) is 3.21. The molecule has 1 aliphatic heterocycles. The molecule has 5 rings (SSSR count). The van der Waals surface area contributed by atoms with Crippen LogP contribution >= 0.6 is 11.6 Å². The first kappa shape index (κ1) is 19.5. The molecule has 1 unspecified atom stereocenters. The fourth-order valence-corrected chi connectivity index (χ4v) is 4.71. The van der Waals surface area contributed by atoms with Crippen molar-refractivity contribution in [2.24, 2.45) is 0 Å². The maximum absolute atomic E-state index is 11.7. The highest BCUT2D eigenvalue weighted by Gasteiger charge is 2.38. The number of H-pyrrole nitrogens is 1. The molecule has 0 bridgehead atoms. The zero-order chi connectivity index (χ0) is 20.7. The second kappa shape index (κ2) is 7.63. The summed E-state index contributed by atoms with van der Waals surface area (Å²) in [5, 5.41) is 15.7. The van der Waals surface area contributed by atoms with Gasteiger partial charge in [0.2, 0.25) is 0 Å². The van der Waals surface area contributed by atoms with Gasteiger partial charge in [-0.1, -0.05) is 23.7 Å². The van der Waals surface area contributed by atoms with E-state index in [0.717, 1.165) is 54.1 Å². The Labute approximate surface area is 180 Å². The number of halogens is 1. The molecule has 1 fully saturated rings. The van der Waals surface area contributed by atoms with Gasteiger partial charge in [0.15, 0.2) is 0 Å². The van der Waals surface area contributed by atoms with E-state index in [4.69, 9.17) is 16.6 Å². The van der Waals surface area contributed by atoms with Crippen LogP contribution in [-0.2, 0) is 5.60 Å². The van der Waals surface area contributed by atoms with Gasteiger partial charge < -0.3 is 15.4 Å². The van der Waals surface area contributed by atoms with Crippen LogP contribution in [0.4, 0.5) is 0 Å². The lowest BCUT2D eigenvalue weighted by Crippen LogP contribution is -2.45. The summed E-state index contributed by atoms with van der Waals surface area (Å²) >= 11 is 6.45. The van der Waals surface area contributed by atoms with Crippen molar-refractivity contribution in [2.75, 3.05) is 26.2 Å². The van der Waals surface area contributed by atoms with Crippen LogP contribution in [0.5, 0.6) is 0 Å². The number of nitrogens with zero attached hydrogens (tertiary/aromatic N) is 3. The van der Waals surface area contributed by atoms with Crippen molar-refractivity contribution in [1.82, 2.24) is 25.2 Å². The van der Waals surface area contributed by atoms with Crippen LogP contribution in [0.25, 0.3) is 11.6 Å². The number of hydrogen-bond donors (Lipinski definition) is 3. The van der Waals surface area contributed by atoms with Crippen LogP contribution < -0.4 is 5.32 Å². The van der Waals surface area contributed by atoms with E-state index >= 15 is 0 Å².